The normalized spacial score (nSPS) is 19.4. The molecule has 0 N–H and O–H groups in total. The first-order chi connectivity index (χ1) is 14.7. The standard InChI is InChI=1S/C25H21FN2O2/c1-2-15-29-20-13-9-17(10-14-20)22-16-23-21-5-3-4-6-24(21)30-25(28(23)27-22)18-7-11-19(26)12-8-18/h2-14,23,25H,1,15-16H2. The molecule has 0 aromatic heterocycles. The lowest BCUT2D eigenvalue weighted by molar-refractivity contribution is -0.0190. The third-order valence-corrected chi connectivity index (χ3v) is 5.41. The molecule has 4 nitrogen and oxygen atoms in total. The van der Waals surface area contributed by atoms with Crippen LogP contribution in [0.15, 0.2) is 90.6 Å². The molecule has 0 fully saturated rings. The van der Waals surface area contributed by atoms with E-state index in [0.717, 1.165) is 40.3 Å². The molecular weight excluding hydrogens is 379 g/mol. The minimum atomic E-state index is -0.404. The average Bonchev–Trinajstić information content (AvgIpc) is 3.24. The Kier molecular flexibility index (Phi) is 4.71. The van der Waals surface area contributed by atoms with Gasteiger partial charge in [-0.3, -0.25) is 0 Å². The molecule has 150 valence electrons. The fraction of sp³-hybridized carbons (Fsp3) is 0.160. The van der Waals surface area contributed by atoms with Crippen LogP contribution in [-0.2, 0) is 0 Å². The largest absolute Gasteiger partial charge is 0.490 e. The summed E-state index contributed by atoms with van der Waals surface area (Å²) in [5.74, 6) is 1.38. The van der Waals surface area contributed by atoms with Gasteiger partial charge in [-0.2, -0.15) is 5.10 Å². The number of para-hydroxylation sites is 1. The van der Waals surface area contributed by atoms with E-state index < -0.39 is 6.23 Å². The van der Waals surface area contributed by atoms with E-state index >= 15 is 0 Å². The summed E-state index contributed by atoms with van der Waals surface area (Å²) < 4.78 is 25.3. The molecule has 2 atom stereocenters. The summed E-state index contributed by atoms with van der Waals surface area (Å²) in [6.45, 7) is 4.15. The van der Waals surface area contributed by atoms with Gasteiger partial charge in [-0.1, -0.05) is 43.0 Å². The van der Waals surface area contributed by atoms with Crippen LogP contribution in [0.1, 0.15) is 35.4 Å². The van der Waals surface area contributed by atoms with E-state index in [1.165, 1.54) is 12.1 Å². The molecule has 0 radical (unpaired) electrons. The van der Waals surface area contributed by atoms with Crippen LogP contribution in [-0.4, -0.2) is 17.3 Å². The fourth-order valence-electron chi connectivity index (χ4n) is 3.95. The van der Waals surface area contributed by atoms with Gasteiger partial charge in [0.05, 0.1) is 11.8 Å². The quantitative estimate of drug-likeness (QED) is 0.520. The maximum absolute atomic E-state index is 13.5. The van der Waals surface area contributed by atoms with Crippen molar-refractivity contribution in [1.82, 2.24) is 5.01 Å². The zero-order valence-corrected chi connectivity index (χ0v) is 16.4. The molecule has 3 aromatic rings. The van der Waals surface area contributed by atoms with Gasteiger partial charge in [0.25, 0.3) is 0 Å². The predicted octanol–water partition coefficient (Wildman–Crippen LogP) is 5.63. The van der Waals surface area contributed by atoms with Crippen molar-refractivity contribution < 1.29 is 13.9 Å². The molecular formula is C25H21FN2O2. The first-order valence-electron chi connectivity index (χ1n) is 9.94. The second-order valence-electron chi connectivity index (χ2n) is 7.33. The molecule has 3 aromatic carbocycles. The molecule has 0 bridgehead atoms. The lowest BCUT2D eigenvalue weighted by atomic mass is 9.96. The van der Waals surface area contributed by atoms with Gasteiger partial charge < -0.3 is 9.47 Å². The van der Waals surface area contributed by atoms with E-state index in [-0.39, 0.29) is 11.9 Å². The van der Waals surface area contributed by atoms with Gasteiger partial charge >= 0.3 is 0 Å². The highest BCUT2D eigenvalue weighted by molar-refractivity contribution is 6.02. The number of fused-ring (bicyclic) bond motifs is 3. The fourth-order valence-corrected chi connectivity index (χ4v) is 3.95. The number of rotatable bonds is 5. The van der Waals surface area contributed by atoms with Crippen LogP contribution in [0, 0.1) is 5.82 Å². The Morgan fingerprint density at radius 2 is 1.83 bits per heavy atom. The van der Waals surface area contributed by atoms with Gasteiger partial charge in [0.2, 0.25) is 6.23 Å². The van der Waals surface area contributed by atoms with Gasteiger partial charge in [0.1, 0.15) is 23.9 Å². The van der Waals surface area contributed by atoms with Crippen LogP contribution in [0.5, 0.6) is 11.5 Å². The molecule has 0 saturated heterocycles. The van der Waals surface area contributed by atoms with Crippen molar-refractivity contribution in [2.24, 2.45) is 5.10 Å². The van der Waals surface area contributed by atoms with Crippen molar-refractivity contribution >= 4 is 5.71 Å². The van der Waals surface area contributed by atoms with E-state index in [0.29, 0.717) is 6.61 Å². The Bertz CT molecular complexity index is 1090. The number of halogens is 1. The molecule has 2 aliphatic rings. The van der Waals surface area contributed by atoms with Crippen molar-refractivity contribution in [3.05, 3.63) is 108 Å². The number of hydrazone groups is 1. The third kappa shape index (κ3) is 3.32. The minimum Gasteiger partial charge on any atom is -0.490 e. The Labute approximate surface area is 174 Å². The van der Waals surface area contributed by atoms with Crippen molar-refractivity contribution in [2.45, 2.75) is 18.7 Å². The first kappa shape index (κ1) is 18.4. The van der Waals surface area contributed by atoms with Crippen LogP contribution in [0.25, 0.3) is 0 Å². The summed E-state index contributed by atoms with van der Waals surface area (Å²) in [4.78, 5) is 0. The Balaban J connectivity index is 1.49. The van der Waals surface area contributed by atoms with Crippen molar-refractivity contribution in [1.29, 1.82) is 0 Å². The van der Waals surface area contributed by atoms with Crippen LogP contribution < -0.4 is 9.47 Å². The topological polar surface area (TPSA) is 34.1 Å². The molecule has 5 heteroatoms. The minimum absolute atomic E-state index is 0.0664. The Hall–Kier alpha value is -3.60. The molecule has 0 aliphatic carbocycles. The monoisotopic (exact) mass is 400 g/mol. The van der Waals surface area contributed by atoms with Gasteiger partial charge in [-0.05, 0) is 48.0 Å². The van der Waals surface area contributed by atoms with Gasteiger partial charge in [-0.25, -0.2) is 9.40 Å². The lowest BCUT2D eigenvalue weighted by Gasteiger charge is -2.38. The summed E-state index contributed by atoms with van der Waals surface area (Å²) in [6.07, 6.45) is 2.09. The summed E-state index contributed by atoms with van der Waals surface area (Å²) in [7, 11) is 0. The molecule has 2 unspecified atom stereocenters. The average molecular weight is 400 g/mol. The van der Waals surface area contributed by atoms with Crippen molar-refractivity contribution in [3.63, 3.8) is 0 Å². The maximum atomic E-state index is 13.5. The zero-order valence-electron chi connectivity index (χ0n) is 16.4. The summed E-state index contributed by atoms with van der Waals surface area (Å²) in [6, 6.07) is 22.5. The first-order valence-corrected chi connectivity index (χ1v) is 9.94. The zero-order chi connectivity index (χ0) is 20.5. The molecule has 30 heavy (non-hydrogen) atoms. The van der Waals surface area contributed by atoms with E-state index in [1.807, 2.05) is 47.5 Å². The number of nitrogens with zero attached hydrogens (tertiary/aromatic N) is 2. The van der Waals surface area contributed by atoms with Crippen LogP contribution >= 0.6 is 0 Å². The number of ether oxygens (including phenoxy) is 2. The van der Waals surface area contributed by atoms with Gasteiger partial charge in [0.15, 0.2) is 0 Å². The Morgan fingerprint density at radius 3 is 2.60 bits per heavy atom. The summed E-state index contributed by atoms with van der Waals surface area (Å²) in [5, 5.41) is 6.92. The highest BCUT2D eigenvalue weighted by atomic mass is 19.1. The molecule has 2 aliphatic heterocycles. The third-order valence-electron chi connectivity index (χ3n) is 5.41. The summed E-state index contributed by atoms with van der Waals surface area (Å²) in [5.41, 5.74) is 4.02. The van der Waals surface area contributed by atoms with E-state index in [2.05, 4.69) is 12.6 Å². The van der Waals surface area contributed by atoms with Crippen LogP contribution in [0.3, 0.4) is 0 Å². The smallest absolute Gasteiger partial charge is 0.213 e. The lowest BCUT2D eigenvalue weighted by Crippen LogP contribution is -2.33. The summed E-state index contributed by atoms with van der Waals surface area (Å²) >= 11 is 0. The van der Waals surface area contributed by atoms with Crippen molar-refractivity contribution in [3.8, 4) is 11.5 Å². The van der Waals surface area contributed by atoms with E-state index in [4.69, 9.17) is 14.6 Å². The molecule has 0 saturated carbocycles. The van der Waals surface area contributed by atoms with E-state index in [9.17, 15) is 4.39 Å². The highest BCUT2D eigenvalue weighted by Crippen LogP contribution is 2.47. The SMILES string of the molecule is C=CCOc1ccc(C2=NN3C(C2)c2ccccc2OC3c2ccc(F)cc2)cc1. The number of hydrogen-bond acceptors (Lipinski definition) is 4. The van der Waals surface area contributed by atoms with Gasteiger partial charge in [-0.15, -0.1) is 0 Å². The maximum Gasteiger partial charge on any atom is 0.213 e. The van der Waals surface area contributed by atoms with Crippen LogP contribution in [0.2, 0.25) is 0 Å². The van der Waals surface area contributed by atoms with E-state index in [1.54, 1.807) is 18.2 Å². The van der Waals surface area contributed by atoms with Crippen molar-refractivity contribution in [2.75, 3.05) is 6.61 Å². The number of benzene rings is 3. The highest BCUT2D eigenvalue weighted by Gasteiger charge is 2.40. The second-order valence-corrected chi connectivity index (χ2v) is 7.33. The molecule has 0 amide bonds. The molecule has 5 rings (SSSR count). The Morgan fingerprint density at radius 1 is 1.07 bits per heavy atom. The van der Waals surface area contributed by atoms with Crippen LogP contribution in [0.4, 0.5) is 4.39 Å². The van der Waals surface area contributed by atoms with Gasteiger partial charge in [0, 0.05) is 17.5 Å². The second kappa shape index (κ2) is 7.67. The molecule has 0 spiro atoms. The number of hydrogen-bond donors (Lipinski definition) is 0. The molecule has 2 heterocycles. The predicted molar refractivity (Wildman–Crippen MR) is 114 cm³/mol.